The zero-order valence-electron chi connectivity index (χ0n) is 10.7. The summed E-state index contributed by atoms with van der Waals surface area (Å²) < 4.78 is 5.92. The van der Waals surface area contributed by atoms with Crippen LogP contribution in [0, 0.1) is 0 Å². The van der Waals surface area contributed by atoms with Crippen LogP contribution in [-0.4, -0.2) is 22.6 Å². The maximum absolute atomic E-state index is 5.92. The van der Waals surface area contributed by atoms with Gasteiger partial charge in [-0.2, -0.15) is 0 Å². The molecule has 3 aromatic rings. The second-order valence-corrected chi connectivity index (χ2v) is 5.69. The summed E-state index contributed by atoms with van der Waals surface area (Å²) in [5.74, 6) is 1.89. The van der Waals surface area contributed by atoms with Crippen molar-refractivity contribution in [2.75, 3.05) is 11.9 Å². The van der Waals surface area contributed by atoms with Gasteiger partial charge in [0.15, 0.2) is 0 Å². The molecule has 1 aromatic carbocycles. The lowest BCUT2D eigenvalue weighted by Gasteiger charge is -2.12. The first-order chi connectivity index (χ1) is 9.90. The van der Waals surface area contributed by atoms with Gasteiger partial charge in [0.2, 0.25) is 0 Å². The van der Waals surface area contributed by atoms with E-state index in [0.717, 1.165) is 34.7 Å². The molecule has 1 atom stereocenters. The molecule has 0 bridgehead atoms. The highest BCUT2D eigenvalue weighted by Gasteiger charge is 2.22. The van der Waals surface area contributed by atoms with Crippen LogP contribution >= 0.6 is 11.3 Å². The molecule has 100 valence electrons. The number of rotatable bonds is 3. The molecule has 4 rings (SSSR count). The van der Waals surface area contributed by atoms with Gasteiger partial charge in [0, 0.05) is 6.42 Å². The van der Waals surface area contributed by atoms with Gasteiger partial charge in [0.1, 0.15) is 28.8 Å². The van der Waals surface area contributed by atoms with Crippen molar-refractivity contribution < 1.29 is 4.74 Å². The van der Waals surface area contributed by atoms with Crippen LogP contribution in [0.5, 0.6) is 5.75 Å². The Morgan fingerprint density at radius 1 is 1.25 bits per heavy atom. The number of para-hydroxylation sites is 1. The number of benzene rings is 1. The van der Waals surface area contributed by atoms with Gasteiger partial charge in [-0.05, 0) is 23.1 Å². The Kier molecular flexibility index (Phi) is 2.77. The second kappa shape index (κ2) is 4.76. The van der Waals surface area contributed by atoms with E-state index in [1.807, 2.05) is 23.6 Å². The summed E-state index contributed by atoms with van der Waals surface area (Å²) in [6.45, 7) is 0.747. The van der Waals surface area contributed by atoms with Crippen LogP contribution in [0.2, 0.25) is 0 Å². The zero-order valence-corrected chi connectivity index (χ0v) is 11.6. The van der Waals surface area contributed by atoms with E-state index in [9.17, 15) is 0 Å². The van der Waals surface area contributed by atoms with Gasteiger partial charge >= 0.3 is 0 Å². The van der Waals surface area contributed by atoms with Crippen molar-refractivity contribution >= 4 is 27.4 Å². The van der Waals surface area contributed by atoms with E-state index in [1.54, 1.807) is 17.7 Å². The first kappa shape index (κ1) is 11.7. The summed E-state index contributed by atoms with van der Waals surface area (Å²) in [6.07, 6.45) is 2.71. The fourth-order valence-corrected chi connectivity index (χ4v) is 3.24. The van der Waals surface area contributed by atoms with E-state index in [1.165, 1.54) is 5.56 Å². The number of aromatic nitrogens is 2. The van der Waals surface area contributed by atoms with Gasteiger partial charge in [-0.15, -0.1) is 11.3 Å². The number of nitrogens with one attached hydrogen (secondary N) is 1. The molecular weight excluding hydrogens is 270 g/mol. The number of thiophene rings is 1. The quantitative estimate of drug-likeness (QED) is 0.802. The molecule has 4 nitrogen and oxygen atoms in total. The minimum absolute atomic E-state index is 0.163. The lowest BCUT2D eigenvalue weighted by molar-refractivity contribution is 0.246. The van der Waals surface area contributed by atoms with E-state index < -0.39 is 0 Å². The highest BCUT2D eigenvalue weighted by atomic mass is 32.1. The molecular formula is C15H13N3OS. The highest BCUT2D eigenvalue weighted by Crippen LogP contribution is 2.29. The molecule has 0 saturated carbocycles. The van der Waals surface area contributed by atoms with Gasteiger partial charge in [-0.1, -0.05) is 18.2 Å². The summed E-state index contributed by atoms with van der Waals surface area (Å²) in [5, 5.41) is 6.49. The minimum Gasteiger partial charge on any atom is -0.488 e. The molecule has 0 radical (unpaired) electrons. The topological polar surface area (TPSA) is 47.0 Å². The smallest absolute Gasteiger partial charge is 0.138 e. The third-order valence-corrected chi connectivity index (χ3v) is 4.29. The average Bonchev–Trinajstić information content (AvgIpc) is 3.11. The monoisotopic (exact) mass is 283 g/mol. The minimum atomic E-state index is 0.163. The maximum Gasteiger partial charge on any atom is 0.138 e. The van der Waals surface area contributed by atoms with Crippen molar-refractivity contribution in [3.8, 4) is 5.75 Å². The number of hydrogen-bond acceptors (Lipinski definition) is 5. The predicted molar refractivity (Wildman–Crippen MR) is 80.5 cm³/mol. The summed E-state index contributed by atoms with van der Waals surface area (Å²) in [4.78, 5) is 9.58. The summed E-state index contributed by atoms with van der Waals surface area (Å²) in [6, 6.07) is 10.3. The third kappa shape index (κ3) is 2.00. The molecule has 0 aliphatic carbocycles. The Bertz CT molecular complexity index is 730. The molecule has 0 amide bonds. The van der Waals surface area contributed by atoms with Crippen molar-refractivity contribution in [2.45, 2.75) is 12.5 Å². The molecule has 1 aliphatic heterocycles. The van der Waals surface area contributed by atoms with E-state index in [2.05, 4.69) is 27.4 Å². The molecule has 20 heavy (non-hydrogen) atoms. The largest absolute Gasteiger partial charge is 0.488 e. The molecule has 1 unspecified atom stereocenters. The Morgan fingerprint density at radius 2 is 2.20 bits per heavy atom. The van der Waals surface area contributed by atoms with Gasteiger partial charge in [0.05, 0.1) is 11.9 Å². The molecule has 1 aliphatic rings. The first-order valence-electron chi connectivity index (χ1n) is 6.57. The fourth-order valence-electron chi connectivity index (χ4n) is 2.51. The van der Waals surface area contributed by atoms with Gasteiger partial charge in [0.25, 0.3) is 0 Å². The molecule has 1 N–H and O–H groups in total. The molecule has 0 fully saturated rings. The van der Waals surface area contributed by atoms with E-state index in [0.29, 0.717) is 0 Å². The van der Waals surface area contributed by atoms with E-state index in [-0.39, 0.29) is 6.10 Å². The van der Waals surface area contributed by atoms with Crippen molar-refractivity contribution in [1.29, 1.82) is 0 Å². The molecule has 2 aromatic heterocycles. The predicted octanol–water partition coefficient (Wildman–Crippen LogP) is 3.11. The highest BCUT2D eigenvalue weighted by molar-refractivity contribution is 7.16. The Hall–Kier alpha value is -2.14. The van der Waals surface area contributed by atoms with Crippen LogP contribution in [0.4, 0.5) is 5.82 Å². The van der Waals surface area contributed by atoms with Gasteiger partial charge in [-0.25, -0.2) is 9.97 Å². The number of ether oxygens (including phenoxy) is 1. The third-order valence-electron chi connectivity index (χ3n) is 3.47. The van der Waals surface area contributed by atoms with Crippen LogP contribution in [-0.2, 0) is 6.42 Å². The molecule has 0 spiro atoms. The van der Waals surface area contributed by atoms with Crippen molar-refractivity contribution in [1.82, 2.24) is 9.97 Å². The van der Waals surface area contributed by atoms with Gasteiger partial charge in [-0.3, -0.25) is 0 Å². The van der Waals surface area contributed by atoms with Crippen LogP contribution in [0.1, 0.15) is 5.56 Å². The van der Waals surface area contributed by atoms with Crippen LogP contribution in [0.3, 0.4) is 0 Å². The van der Waals surface area contributed by atoms with Crippen molar-refractivity contribution in [2.24, 2.45) is 0 Å². The number of nitrogens with zero attached hydrogens (tertiary/aromatic N) is 2. The van der Waals surface area contributed by atoms with Crippen LogP contribution in [0.25, 0.3) is 10.2 Å². The molecule has 5 heteroatoms. The molecule has 0 saturated heterocycles. The van der Waals surface area contributed by atoms with Crippen molar-refractivity contribution in [3.05, 3.63) is 47.6 Å². The summed E-state index contributed by atoms with van der Waals surface area (Å²) >= 11 is 1.63. The zero-order chi connectivity index (χ0) is 13.4. The van der Waals surface area contributed by atoms with Crippen molar-refractivity contribution in [3.63, 3.8) is 0 Å². The van der Waals surface area contributed by atoms with E-state index >= 15 is 0 Å². The van der Waals surface area contributed by atoms with E-state index in [4.69, 9.17) is 4.74 Å². The number of anilines is 1. The SMILES string of the molecule is c1ccc2c(c1)CC(CNc1ncnc3sccc13)O2. The average molecular weight is 283 g/mol. The first-order valence-corrected chi connectivity index (χ1v) is 7.45. The number of hydrogen-bond donors (Lipinski definition) is 1. The Morgan fingerprint density at radius 3 is 3.15 bits per heavy atom. The standard InChI is InChI=1S/C15H13N3OS/c1-2-4-13-10(3-1)7-11(19-13)8-16-14-12-5-6-20-15(12)18-9-17-14/h1-6,9,11H,7-8H2,(H,16,17,18). The summed E-state index contributed by atoms with van der Waals surface area (Å²) in [7, 11) is 0. The van der Waals surface area contributed by atoms with Crippen LogP contribution < -0.4 is 10.1 Å². The fraction of sp³-hybridized carbons (Fsp3) is 0.200. The van der Waals surface area contributed by atoms with Crippen LogP contribution in [0.15, 0.2) is 42.0 Å². The number of fused-ring (bicyclic) bond motifs is 2. The molecule has 3 heterocycles. The lowest BCUT2D eigenvalue weighted by Crippen LogP contribution is -2.24. The van der Waals surface area contributed by atoms with Gasteiger partial charge < -0.3 is 10.1 Å². The normalized spacial score (nSPS) is 16.9. The second-order valence-electron chi connectivity index (χ2n) is 4.79. The lowest BCUT2D eigenvalue weighted by atomic mass is 10.1. The maximum atomic E-state index is 5.92. The summed E-state index contributed by atoms with van der Waals surface area (Å²) in [5.41, 5.74) is 1.28. The Balaban J connectivity index is 1.48. The Labute approximate surface area is 120 Å².